The van der Waals surface area contributed by atoms with Crippen LogP contribution in [-0.2, 0) is 11.2 Å². The molecule has 1 N–H and O–H groups in total. The molecule has 0 aromatic heterocycles. The van der Waals surface area contributed by atoms with Crippen LogP contribution in [-0.4, -0.2) is 35.3 Å². The van der Waals surface area contributed by atoms with Crippen molar-refractivity contribution < 1.29 is 19.1 Å². The minimum atomic E-state index is -0.985. The summed E-state index contributed by atoms with van der Waals surface area (Å²) in [7, 11) is 0. The van der Waals surface area contributed by atoms with Gasteiger partial charge in [0.15, 0.2) is 0 Å². The van der Waals surface area contributed by atoms with Gasteiger partial charge in [-0.1, -0.05) is 42.5 Å². The van der Waals surface area contributed by atoms with Gasteiger partial charge >= 0.3 is 0 Å². The van der Waals surface area contributed by atoms with Crippen molar-refractivity contribution in [2.45, 2.75) is 19.4 Å². The van der Waals surface area contributed by atoms with Crippen LogP contribution in [0.3, 0.4) is 0 Å². The molecule has 6 heteroatoms. The van der Waals surface area contributed by atoms with Gasteiger partial charge in [-0.3, -0.25) is 19.3 Å². The van der Waals surface area contributed by atoms with Crippen LogP contribution in [0.2, 0.25) is 0 Å². The van der Waals surface area contributed by atoms with E-state index in [4.69, 9.17) is 4.74 Å². The van der Waals surface area contributed by atoms with Gasteiger partial charge in [-0.15, -0.1) is 0 Å². The molecule has 3 amide bonds. The molecular formula is C25H22N2O4. The zero-order chi connectivity index (χ0) is 21.8. The lowest BCUT2D eigenvalue weighted by Gasteiger charge is -2.25. The van der Waals surface area contributed by atoms with Crippen molar-refractivity contribution in [3.05, 3.63) is 95.6 Å². The second-order valence-corrected chi connectivity index (χ2v) is 7.18. The van der Waals surface area contributed by atoms with E-state index in [1.807, 2.05) is 37.3 Å². The van der Waals surface area contributed by atoms with Crippen LogP contribution in [0.15, 0.2) is 78.9 Å². The van der Waals surface area contributed by atoms with Crippen LogP contribution in [0.4, 0.5) is 5.69 Å². The van der Waals surface area contributed by atoms with Gasteiger partial charge in [0.1, 0.15) is 11.8 Å². The Labute approximate surface area is 180 Å². The average molecular weight is 414 g/mol. The molecule has 156 valence electrons. The Morgan fingerprint density at radius 1 is 0.871 bits per heavy atom. The van der Waals surface area contributed by atoms with Crippen LogP contribution in [0.5, 0.6) is 5.75 Å². The third kappa shape index (κ3) is 4.19. The Kier molecular flexibility index (Phi) is 5.80. The number of carbonyl (C=O) groups excluding carboxylic acids is 3. The lowest BCUT2D eigenvalue weighted by Crippen LogP contribution is -2.48. The van der Waals surface area contributed by atoms with Gasteiger partial charge in [0.05, 0.1) is 17.7 Å². The maximum Gasteiger partial charge on any atom is 0.262 e. The summed E-state index contributed by atoms with van der Waals surface area (Å²) < 4.78 is 5.43. The molecule has 4 rings (SSSR count). The molecule has 0 bridgehead atoms. The van der Waals surface area contributed by atoms with Crippen molar-refractivity contribution in [3.8, 4) is 5.75 Å². The van der Waals surface area contributed by atoms with E-state index in [0.29, 0.717) is 29.2 Å². The predicted octanol–water partition coefficient (Wildman–Crippen LogP) is 3.93. The van der Waals surface area contributed by atoms with E-state index in [1.165, 1.54) is 0 Å². The number of hydrogen-bond donors (Lipinski definition) is 1. The summed E-state index contributed by atoms with van der Waals surface area (Å²) in [6.07, 6.45) is 0.217. The monoisotopic (exact) mass is 414 g/mol. The fraction of sp³-hybridized carbons (Fsp3) is 0.160. The van der Waals surface area contributed by atoms with Gasteiger partial charge in [-0.2, -0.15) is 0 Å². The molecule has 1 aliphatic rings. The number of nitrogens with zero attached hydrogens (tertiary/aromatic N) is 1. The summed E-state index contributed by atoms with van der Waals surface area (Å²) in [6, 6.07) is 22.0. The first-order chi connectivity index (χ1) is 15.1. The average Bonchev–Trinajstić information content (AvgIpc) is 3.05. The Morgan fingerprint density at radius 2 is 1.45 bits per heavy atom. The maximum atomic E-state index is 13.3. The number of carbonyl (C=O) groups is 3. The van der Waals surface area contributed by atoms with Crippen molar-refractivity contribution in [1.29, 1.82) is 0 Å². The van der Waals surface area contributed by atoms with Crippen LogP contribution >= 0.6 is 0 Å². The first-order valence-corrected chi connectivity index (χ1v) is 10.1. The highest BCUT2D eigenvalue weighted by atomic mass is 16.5. The molecule has 31 heavy (non-hydrogen) atoms. The van der Waals surface area contributed by atoms with Crippen molar-refractivity contribution in [2.75, 3.05) is 11.9 Å². The van der Waals surface area contributed by atoms with Crippen molar-refractivity contribution in [3.63, 3.8) is 0 Å². The molecule has 0 spiro atoms. The lowest BCUT2D eigenvalue weighted by atomic mass is 10.0. The summed E-state index contributed by atoms with van der Waals surface area (Å²) in [5.41, 5.74) is 2.05. The van der Waals surface area contributed by atoms with Crippen LogP contribution in [0.25, 0.3) is 0 Å². The molecule has 3 aromatic carbocycles. The molecule has 0 saturated heterocycles. The summed E-state index contributed by atoms with van der Waals surface area (Å²) in [6.45, 7) is 2.44. The topological polar surface area (TPSA) is 75.7 Å². The Morgan fingerprint density at radius 3 is 2.03 bits per heavy atom. The van der Waals surface area contributed by atoms with E-state index in [2.05, 4.69) is 5.32 Å². The van der Waals surface area contributed by atoms with Crippen LogP contribution in [0, 0.1) is 0 Å². The summed E-state index contributed by atoms with van der Waals surface area (Å²) in [5.74, 6) is -0.643. The Balaban J connectivity index is 1.62. The third-order valence-electron chi connectivity index (χ3n) is 5.14. The molecule has 1 atom stereocenters. The standard InChI is InChI=1S/C25H22N2O4/c1-2-31-19-14-12-18(13-15-19)26-23(28)22(16-17-8-4-3-5-9-17)27-24(29)20-10-6-7-11-21(20)25(27)30/h3-15,22H,2,16H2,1H3,(H,26,28). The van der Waals surface area contributed by atoms with Crippen molar-refractivity contribution in [1.82, 2.24) is 4.90 Å². The van der Waals surface area contributed by atoms with E-state index in [1.54, 1.807) is 48.5 Å². The molecule has 1 unspecified atom stereocenters. The maximum absolute atomic E-state index is 13.3. The Hall–Kier alpha value is -3.93. The zero-order valence-corrected chi connectivity index (χ0v) is 17.1. The number of nitrogens with one attached hydrogen (secondary N) is 1. The van der Waals surface area contributed by atoms with Gasteiger partial charge in [0.25, 0.3) is 11.8 Å². The molecule has 0 saturated carbocycles. The number of fused-ring (bicyclic) bond motifs is 1. The SMILES string of the molecule is CCOc1ccc(NC(=O)C(Cc2ccccc2)N2C(=O)c3ccccc3C2=O)cc1. The zero-order valence-electron chi connectivity index (χ0n) is 17.1. The van der Waals surface area contributed by atoms with Crippen molar-refractivity contribution >= 4 is 23.4 Å². The lowest BCUT2D eigenvalue weighted by molar-refractivity contribution is -0.119. The second kappa shape index (κ2) is 8.83. The number of imide groups is 1. The van der Waals surface area contributed by atoms with E-state index < -0.39 is 23.8 Å². The number of benzene rings is 3. The van der Waals surface area contributed by atoms with Crippen LogP contribution < -0.4 is 10.1 Å². The molecule has 0 aliphatic carbocycles. The predicted molar refractivity (Wildman–Crippen MR) is 117 cm³/mol. The highest BCUT2D eigenvalue weighted by Crippen LogP contribution is 2.27. The van der Waals surface area contributed by atoms with E-state index in [0.717, 1.165) is 10.5 Å². The number of amides is 3. The molecule has 0 radical (unpaired) electrons. The second-order valence-electron chi connectivity index (χ2n) is 7.18. The minimum Gasteiger partial charge on any atom is -0.494 e. The number of rotatable bonds is 7. The number of ether oxygens (including phenoxy) is 1. The Bertz CT molecular complexity index is 1070. The molecule has 1 heterocycles. The van der Waals surface area contributed by atoms with E-state index >= 15 is 0 Å². The van der Waals surface area contributed by atoms with Gasteiger partial charge < -0.3 is 10.1 Å². The first kappa shape index (κ1) is 20.3. The fourth-order valence-electron chi connectivity index (χ4n) is 3.66. The quantitative estimate of drug-likeness (QED) is 0.595. The molecule has 0 fully saturated rings. The molecular weight excluding hydrogens is 392 g/mol. The molecule has 3 aromatic rings. The summed E-state index contributed by atoms with van der Waals surface area (Å²) in [5, 5.41) is 2.84. The largest absolute Gasteiger partial charge is 0.494 e. The molecule has 6 nitrogen and oxygen atoms in total. The highest BCUT2D eigenvalue weighted by Gasteiger charge is 2.42. The third-order valence-corrected chi connectivity index (χ3v) is 5.14. The van der Waals surface area contributed by atoms with E-state index in [9.17, 15) is 14.4 Å². The van der Waals surface area contributed by atoms with Gasteiger partial charge in [0.2, 0.25) is 5.91 Å². The number of hydrogen-bond acceptors (Lipinski definition) is 4. The van der Waals surface area contributed by atoms with E-state index in [-0.39, 0.29) is 6.42 Å². The van der Waals surface area contributed by atoms with Gasteiger partial charge in [0, 0.05) is 12.1 Å². The van der Waals surface area contributed by atoms with Crippen molar-refractivity contribution in [2.24, 2.45) is 0 Å². The smallest absolute Gasteiger partial charge is 0.262 e. The van der Waals surface area contributed by atoms with Gasteiger partial charge in [-0.25, -0.2) is 0 Å². The normalized spacial score (nSPS) is 13.6. The first-order valence-electron chi connectivity index (χ1n) is 10.1. The highest BCUT2D eigenvalue weighted by molar-refractivity contribution is 6.23. The summed E-state index contributed by atoms with van der Waals surface area (Å²) >= 11 is 0. The minimum absolute atomic E-state index is 0.217. The summed E-state index contributed by atoms with van der Waals surface area (Å²) in [4.78, 5) is 40.4. The number of anilines is 1. The van der Waals surface area contributed by atoms with Crippen LogP contribution in [0.1, 0.15) is 33.2 Å². The fourth-order valence-corrected chi connectivity index (χ4v) is 3.66. The molecule has 1 aliphatic heterocycles. The van der Waals surface area contributed by atoms with Gasteiger partial charge in [-0.05, 0) is 48.9 Å².